The monoisotopic (exact) mass is 387 g/mol. The SMILES string of the molecule is Cc1nc(Nc2ccccc2Br)cc(C(=O)Nc2cc(C)on2)n1. The molecule has 3 aromatic rings. The van der Waals surface area contributed by atoms with Gasteiger partial charge in [-0.3, -0.25) is 4.79 Å². The largest absolute Gasteiger partial charge is 0.360 e. The molecule has 0 saturated heterocycles. The minimum absolute atomic E-state index is 0.234. The fraction of sp³-hybridized carbons (Fsp3) is 0.125. The Labute approximate surface area is 146 Å². The summed E-state index contributed by atoms with van der Waals surface area (Å²) < 4.78 is 5.82. The zero-order valence-corrected chi connectivity index (χ0v) is 14.6. The van der Waals surface area contributed by atoms with Crippen molar-refractivity contribution in [2.24, 2.45) is 0 Å². The lowest BCUT2D eigenvalue weighted by molar-refractivity contribution is 0.102. The van der Waals surface area contributed by atoms with Crippen LogP contribution in [0.5, 0.6) is 0 Å². The summed E-state index contributed by atoms with van der Waals surface area (Å²) in [5, 5.41) is 9.54. The molecule has 0 saturated carbocycles. The summed E-state index contributed by atoms with van der Waals surface area (Å²) in [6, 6.07) is 10.8. The summed E-state index contributed by atoms with van der Waals surface area (Å²) in [5.74, 6) is 1.57. The van der Waals surface area contributed by atoms with E-state index in [1.165, 1.54) is 0 Å². The number of hydrogen-bond acceptors (Lipinski definition) is 6. The van der Waals surface area contributed by atoms with E-state index < -0.39 is 0 Å². The maximum atomic E-state index is 12.3. The molecule has 3 rings (SSSR count). The normalized spacial score (nSPS) is 10.5. The van der Waals surface area contributed by atoms with Crippen molar-refractivity contribution in [3.63, 3.8) is 0 Å². The molecule has 2 N–H and O–H groups in total. The van der Waals surface area contributed by atoms with Crippen LogP contribution < -0.4 is 10.6 Å². The number of carbonyl (C=O) groups excluding carboxylic acids is 1. The van der Waals surface area contributed by atoms with Crippen molar-refractivity contribution in [1.82, 2.24) is 15.1 Å². The number of halogens is 1. The number of anilines is 3. The smallest absolute Gasteiger partial charge is 0.275 e. The first-order chi connectivity index (χ1) is 11.5. The Balaban J connectivity index is 1.83. The highest BCUT2D eigenvalue weighted by molar-refractivity contribution is 9.10. The van der Waals surface area contributed by atoms with Crippen LogP contribution in [0.15, 0.2) is 45.4 Å². The molecular formula is C16H14BrN5O2. The van der Waals surface area contributed by atoms with Gasteiger partial charge < -0.3 is 15.2 Å². The first-order valence-electron chi connectivity index (χ1n) is 7.13. The molecule has 0 aliphatic carbocycles. The van der Waals surface area contributed by atoms with Crippen LogP contribution >= 0.6 is 15.9 Å². The van der Waals surface area contributed by atoms with Crippen LogP contribution in [-0.4, -0.2) is 21.0 Å². The predicted octanol–water partition coefficient (Wildman–Crippen LogP) is 3.84. The maximum absolute atomic E-state index is 12.3. The van der Waals surface area contributed by atoms with Gasteiger partial charge in [-0.1, -0.05) is 17.3 Å². The van der Waals surface area contributed by atoms with Gasteiger partial charge >= 0.3 is 0 Å². The molecule has 8 heteroatoms. The topological polar surface area (TPSA) is 92.9 Å². The fourth-order valence-corrected chi connectivity index (χ4v) is 2.44. The van der Waals surface area contributed by atoms with E-state index in [4.69, 9.17) is 4.52 Å². The third-order valence-electron chi connectivity index (χ3n) is 3.08. The van der Waals surface area contributed by atoms with Crippen molar-refractivity contribution in [1.29, 1.82) is 0 Å². The number of rotatable bonds is 4. The molecule has 2 aromatic heterocycles. The Morgan fingerprint density at radius 1 is 1.12 bits per heavy atom. The van der Waals surface area contributed by atoms with Gasteiger partial charge in [0.15, 0.2) is 5.82 Å². The van der Waals surface area contributed by atoms with Crippen molar-refractivity contribution in [3.05, 3.63) is 58.1 Å². The minimum atomic E-state index is -0.385. The average Bonchev–Trinajstić information content (AvgIpc) is 2.94. The van der Waals surface area contributed by atoms with Crippen LogP contribution in [0.4, 0.5) is 17.3 Å². The molecule has 122 valence electrons. The number of carbonyl (C=O) groups is 1. The van der Waals surface area contributed by atoms with Crippen LogP contribution in [-0.2, 0) is 0 Å². The third-order valence-corrected chi connectivity index (χ3v) is 3.77. The van der Waals surface area contributed by atoms with Gasteiger partial charge in [0.1, 0.15) is 23.1 Å². The number of benzene rings is 1. The standard InChI is InChI=1S/C16H14BrN5O2/c1-9-7-15(22-24-9)21-16(23)13-8-14(19-10(2)18-13)20-12-6-4-3-5-11(12)17/h3-8H,1-2H3,(H,18,19,20)(H,21,22,23). The van der Waals surface area contributed by atoms with Gasteiger partial charge in [-0.2, -0.15) is 0 Å². The quantitative estimate of drug-likeness (QED) is 0.706. The second-order valence-corrected chi connectivity index (χ2v) is 5.92. The van der Waals surface area contributed by atoms with E-state index in [9.17, 15) is 4.79 Å². The van der Waals surface area contributed by atoms with Crippen molar-refractivity contribution in [3.8, 4) is 0 Å². The van der Waals surface area contributed by atoms with Gasteiger partial charge in [-0.15, -0.1) is 0 Å². The molecule has 0 radical (unpaired) electrons. The van der Waals surface area contributed by atoms with Gasteiger partial charge in [0, 0.05) is 16.6 Å². The van der Waals surface area contributed by atoms with Crippen LogP contribution in [0.2, 0.25) is 0 Å². The van der Waals surface area contributed by atoms with Crippen molar-refractivity contribution in [2.75, 3.05) is 10.6 Å². The Bertz CT molecular complexity index is 894. The fourth-order valence-electron chi connectivity index (χ4n) is 2.05. The molecule has 0 aliphatic rings. The van der Waals surface area contributed by atoms with Crippen molar-refractivity contribution >= 4 is 39.2 Å². The van der Waals surface area contributed by atoms with Crippen LogP contribution in [0.1, 0.15) is 22.1 Å². The zero-order chi connectivity index (χ0) is 17.1. The van der Waals surface area contributed by atoms with Crippen LogP contribution in [0, 0.1) is 13.8 Å². The van der Waals surface area contributed by atoms with Gasteiger partial charge in [0.2, 0.25) is 0 Å². The van der Waals surface area contributed by atoms with Crippen molar-refractivity contribution < 1.29 is 9.32 Å². The lowest BCUT2D eigenvalue weighted by Gasteiger charge is -2.09. The molecule has 0 atom stereocenters. The molecule has 2 heterocycles. The molecule has 1 aromatic carbocycles. The molecule has 0 spiro atoms. The highest BCUT2D eigenvalue weighted by atomic mass is 79.9. The Kier molecular flexibility index (Phi) is 4.57. The summed E-state index contributed by atoms with van der Waals surface area (Å²) in [5.41, 5.74) is 1.08. The minimum Gasteiger partial charge on any atom is -0.360 e. The molecule has 1 amide bonds. The molecule has 0 aliphatic heterocycles. The highest BCUT2D eigenvalue weighted by Crippen LogP contribution is 2.24. The van der Waals surface area contributed by atoms with E-state index in [0.717, 1.165) is 10.2 Å². The van der Waals surface area contributed by atoms with Gasteiger partial charge in [0.05, 0.1) is 5.69 Å². The molecule has 24 heavy (non-hydrogen) atoms. The van der Waals surface area contributed by atoms with E-state index >= 15 is 0 Å². The second-order valence-electron chi connectivity index (χ2n) is 5.07. The molecule has 0 unspecified atom stereocenters. The number of hydrogen-bond donors (Lipinski definition) is 2. The first-order valence-corrected chi connectivity index (χ1v) is 7.92. The number of nitrogens with one attached hydrogen (secondary N) is 2. The Hall–Kier alpha value is -2.74. The van der Waals surface area contributed by atoms with Crippen LogP contribution in [0.3, 0.4) is 0 Å². The van der Waals surface area contributed by atoms with Gasteiger partial charge in [-0.05, 0) is 41.9 Å². The maximum Gasteiger partial charge on any atom is 0.275 e. The van der Waals surface area contributed by atoms with E-state index in [1.54, 1.807) is 26.0 Å². The van der Waals surface area contributed by atoms with E-state index in [1.807, 2.05) is 24.3 Å². The van der Waals surface area contributed by atoms with Gasteiger partial charge in [-0.25, -0.2) is 9.97 Å². The lowest BCUT2D eigenvalue weighted by Crippen LogP contribution is -2.15. The summed E-state index contributed by atoms with van der Waals surface area (Å²) in [6.07, 6.45) is 0. The average molecular weight is 388 g/mol. The number of para-hydroxylation sites is 1. The third kappa shape index (κ3) is 3.77. The zero-order valence-electron chi connectivity index (χ0n) is 13.0. The predicted molar refractivity (Wildman–Crippen MR) is 93.4 cm³/mol. The van der Waals surface area contributed by atoms with Crippen molar-refractivity contribution in [2.45, 2.75) is 13.8 Å². The Morgan fingerprint density at radius 2 is 1.92 bits per heavy atom. The number of amides is 1. The van der Waals surface area contributed by atoms with E-state index in [2.05, 4.69) is 41.7 Å². The summed E-state index contributed by atoms with van der Waals surface area (Å²) in [4.78, 5) is 20.8. The van der Waals surface area contributed by atoms with E-state index in [-0.39, 0.29) is 11.6 Å². The van der Waals surface area contributed by atoms with Gasteiger partial charge in [0.25, 0.3) is 5.91 Å². The van der Waals surface area contributed by atoms with E-state index in [0.29, 0.717) is 23.2 Å². The molecule has 7 nitrogen and oxygen atoms in total. The Morgan fingerprint density at radius 3 is 2.62 bits per heavy atom. The molecule has 0 bridgehead atoms. The highest BCUT2D eigenvalue weighted by Gasteiger charge is 2.13. The lowest BCUT2D eigenvalue weighted by atomic mass is 10.3. The molecular weight excluding hydrogens is 374 g/mol. The summed E-state index contributed by atoms with van der Waals surface area (Å²) >= 11 is 3.46. The molecule has 0 fully saturated rings. The first kappa shape index (κ1) is 16.1. The summed E-state index contributed by atoms with van der Waals surface area (Å²) in [7, 11) is 0. The summed E-state index contributed by atoms with van der Waals surface area (Å²) in [6.45, 7) is 3.47. The number of aromatic nitrogens is 3. The second kappa shape index (κ2) is 6.79. The van der Waals surface area contributed by atoms with Crippen LogP contribution in [0.25, 0.3) is 0 Å². The number of aryl methyl sites for hydroxylation is 2. The number of nitrogens with zero attached hydrogens (tertiary/aromatic N) is 3.